The molecule has 3 aromatic rings. The van der Waals surface area contributed by atoms with Gasteiger partial charge in [0.05, 0.1) is 4.47 Å². The number of nitrogens with zero attached hydrogens (tertiary/aromatic N) is 1. The van der Waals surface area contributed by atoms with Gasteiger partial charge in [-0.2, -0.15) is 0 Å². The van der Waals surface area contributed by atoms with E-state index in [1.807, 2.05) is 42.5 Å². The summed E-state index contributed by atoms with van der Waals surface area (Å²) in [5, 5.41) is 11.5. The highest BCUT2D eigenvalue weighted by atomic mass is 79.9. The molecule has 0 amide bonds. The number of hydrogen-bond donors (Lipinski definition) is 1. The fraction of sp³-hybridized carbons (Fsp3) is 0.300. The molecule has 1 aliphatic rings. The summed E-state index contributed by atoms with van der Waals surface area (Å²) in [6.07, 6.45) is 3.79. The Balaban J connectivity index is 1.72. The number of aromatic hydroxyl groups is 1. The Morgan fingerprint density at radius 3 is 2.54 bits per heavy atom. The predicted molar refractivity (Wildman–Crippen MR) is 100 cm³/mol. The molecule has 0 unspecified atom stereocenters. The number of piperidine rings is 1. The molecule has 0 bridgehead atoms. The van der Waals surface area contributed by atoms with Gasteiger partial charge in [0.2, 0.25) is 0 Å². The smallest absolute Gasteiger partial charge is 0.136 e. The minimum atomic E-state index is 0.327. The van der Waals surface area contributed by atoms with Gasteiger partial charge in [-0.05, 0) is 54.0 Å². The molecule has 1 aromatic heterocycles. The molecule has 124 valence electrons. The largest absolute Gasteiger partial charge is 0.506 e. The lowest BCUT2D eigenvalue weighted by Crippen LogP contribution is -2.29. The van der Waals surface area contributed by atoms with Crippen molar-refractivity contribution in [2.24, 2.45) is 0 Å². The summed E-state index contributed by atoms with van der Waals surface area (Å²) < 4.78 is 6.78. The summed E-state index contributed by atoms with van der Waals surface area (Å²) in [5.74, 6) is 1.15. The number of phenols is 1. The summed E-state index contributed by atoms with van der Waals surface area (Å²) in [4.78, 5) is 2.40. The zero-order valence-corrected chi connectivity index (χ0v) is 15.1. The molecule has 1 fully saturated rings. The lowest BCUT2D eigenvalue weighted by Gasteiger charge is -2.26. The number of halogens is 1. The van der Waals surface area contributed by atoms with E-state index >= 15 is 0 Å². The van der Waals surface area contributed by atoms with Gasteiger partial charge < -0.3 is 9.52 Å². The predicted octanol–water partition coefficient (Wildman–Crippen LogP) is 5.55. The summed E-state index contributed by atoms with van der Waals surface area (Å²) >= 11 is 3.55. The van der Waals surface area contributed by atoms with Crippen molar-refractivity contribution < 1.29 is 9.52 Å². The topological polar surface area (TPSA) is 36.6 Å². The Morgan fingerprint density at radius 1 is 1.04 bits per heavy atom. The van der Waals surface area contributed by atoms with E-state index in [0.29, 0.717) is 5.75 Å². The average Bonchev–Trinajstić information content (AvgIpc) is 3.05. The number of benzene rings is 2. The van der Waals surface area contributed by atoms with Crippen LogP contribution in [0, 0.1) is 0 Å². The molecule has 24 heavy (non-hydrogen) atoms. The van der Waals surface area contributed by atoms with E-state index in [0.717, 1.165) is 52.0 Å². The number of hydrogen-bond acceptors (Lipinski definition) is 3. The third-order valence-corrected chi connectivity index (χ3v) is 5.52. The first-order valence-electron chi connectivity index (χ1n) is 8.44. The maximum atomic E-state index is 10.6. The lowest BCUT2D eigenvalue weighted by atomic mass is 10.1. The normalized spacial score (nSPS) is 15.9. The Kier molecular flexibility index (Phi) is 4.33. The molecular formula is C20H20BrNO2. The first-order valence-corrected chi connectivity index (χ1v) is 9.23. The third-order valence-electron chi connectivity index (χ3n) is 4.72. The number of phenolic OH excluding ortho intramolecular Hbond substituents is 1. The van der Waals surface area contributed by atoms with E-state index in [-0.39, 0.29) is 0 Å². The average molecular weight is 386 g/mol. The van der Waals surface area contributed by atoms with Crippen LogP contribution in [-0.4, -0.2) is 23.1 Å². The van der Waals surface area contributed by atoms with E-state index in [2.05, 4.69) is 20.8 Å². The Hall–Kier alpha value is -1.78. The van der Waals surface area contributed by atoms with Crippen LogP contribution in [0.25, 0.3) is 22.3 Å². The van der Waals surface area contributed by atoms with Crippen molar-refractivity contribution in [2.75, 3.05) is 13.1 Å². The monoisotopic (exact) mass is 385 g/mol. The second-order valence-corrected chi connectivity index (χ2v) is 7.22. The van der Waals surface area contributed by atoms with Crippen LogP contribution in [0.1, 0.15) is 24.8 Å². The lowest BCUT2D eigenvalue weighted by molar-refractivity contribution is 0.218. The summed E-state index contributed by atoms with van der Waals surface area (Å²) in [6, 6.07) is 14.0. The second kappa shape index (κ2) is 6.61. The summed E-state index contributed by atoms with van der Waals surface area (Å²) in [5.41, 5.74) is 2.77. The van der Waals surface area contributed by atoms with Crippen molar-refractivity contribution in [3.8, 4) is 17.1 Å². The Labute approximate surface area is 150 Å². The molecule has 1 aliphatic heterocycles. The van der Waals surface area contributed by atoms with Crippen molar-refractivity contribution in [1.29, 1.82) is 0 Å². The SMILES string of the molecule is Oc1c(CN2CCCCC2)cc2oc(-c3ccccc3)cc2c1Br. The highest BCUT2D eigenvalue weighted by molar-refractivity contribution is 9.10. The van der Waals surface area contributed by atoms with Crippen molar-refractivity contribution in [2.45, 2.75) is 25.8 Å². The van der Waals surface area contributed by atoms with Gasteiger partial charge in [0, 0.05) is 23.1 Å². The van der Waals surface area contributed by atoms with Crippen LogP contribution in [0.5, 0.6) is 5.75 Å². The molecule has 2 aromatic carbocycles. The molecular weight excluding hydrogens is 366 g/mol. The molecule has 4 heteroatoms. The van der Waals surface area contributed by atoms with Crippen LogP contribution < -0.4 is 0 Å². The van der Waals surface area contributed by atoms with Crippen LogP contribution in [0.2, 0.25) is 0 Å². The highest BCUT2D eigenvalue weighted by Gasteiger charge is 2.18. The zero-order valence-electron chi connectivity index (χ0n) is 13.5. The van der Waals surface area contributed by atoms with Gasteiger partial charge in [0.1, 0.15) is 17.1 Å². The molecule has 0 radical (unpaired) electrons. The van der Waals surface area contributed by atoms with E-state index in [1.54, 1.807) is 0 Å². The minimum Gasteiger partial charge on any atom is -0.506 e. The molecule has 0 aliphatic carbocycles. The number of fused-ring (bicyclic) bond motifs is 1. The standard InChI is InChI=1S/C20H20BrNO2/c21-19-16-12-17(14-7-3-1-4-8-14)24-18(16)11-15(20(19)23)13-22-9-5-2-6-10-22/h1,3-4,7-8,11-12,23H,2,5-6,9-10,13H2. The van der Waals surface area contributed by atoms with Crippen molar-refractivity contribution in [1.82, 2.24) is 4.90 Å². The van der Waals surface area contributed by atoms with E-state index < -0.39 is 0 Å². The minimum absolute atomic E-state index is 0.327. The van der Waals surface area contributed by atoms with Crippen LogP contribution in [0.3, 0.4) is 0 Å². The van der Waals surface area contributed by atoms with Crippen LogP contribution >= 0.6 is 15.9 Å². The number of furan rings is 1. The van der Waals surface area contributed by atoms with Gasteiger partial charge in [0.15, 0.2) is 0 Å². The third kappa shape index (κ3) is 2.96. The maximum absolute atomic E-state index is 10.6. The van der Waals surface area contributed by atoms with Crippen LogP contribution in [0.15, 0.2) is 51.4 Å². The summed E-state index contributed by atoms with van der Waals surface area (Å²) in [6.45, 7) is 2.97. The van der Waals surface area contributed by atoms with Crippen molar-refractivity contribution in [3.63, 3.8) is 0 Å². The molecule has 1 saturated heterocycles. The molecule has 0 saturated carbocycles. The molecule has 2 heterocycles. The van der Waals surface area contributed by atoms with Gasteiger partial charge in [-0.1, -0.05) is 36.8 Å². The van der Waals surface area contributed by atoms with E-state index in [1.165, 1.54) is 19.3 Å². The van der Waals surface area contributed by atoms with Crippen molar-refractivity contribution in [3.05, 3.63) is 52.5 Å². The maximum Gasteiger partial charge on any atom is 0.136 e. The Morgan fingerprint density at radius 2 is 1.79 bits per heavy atom. The fourth-order valence-electron chi connectivity index (χ4n) is 3.40. The first-order chi connectivity index (χ1) is 11.7. The van der Waals surface area contributed by atoms with Crippen LogP contribution in [-0.2, 0) is 6.54 Å². The molecule has 0 atom stereocenters. The van der Waals surface area contributed by atoms with Gasteiger partial charge in [-0.15, -0.1) is 0 Å². The van der Waals surface area contributed by atoms with Gasteiger partial charge in [0.25, 0.3) is 0 Å². The molecule has 4 rings (SSSR count). The molecule has 3 nitrogen and oxygen atoms in total. The van der Waals surface area contributed by atoms with E-state index in [4.69, 9.17) is 4.42 Å². The highest BCUT2D eigenvalue weighted by Crippen LogP contribution is 2.40. The number of likely N-dealkylation sites (tertiary alicyclic amines) is 1. The fourth-order valence-corrected chi connectivity index (χ4v) is 3.97. The summed E-state index contributed by atoms with van der Waals surface area (Å²) in [7, 11) is 0. The number of rotatable bonds is 3. The Bertz CT molecular complexity index is 851. The van der Waals surface area contributed by atoms with E-state index in [9.17, 15) is 5.11 Å². The molecule has 1 N–H and O–H groups in total. The second-order valence-electron chi connectivity index (χ2n) is 6.42. The molecule has 0 spiro atoms. The quantitative estimate of drug-likeness (QED) is 0.641. The van der Waals surface area contributed by atoms with Crippen molar-refractivity contribution >= 4 is 26.9 Å². The van der Waals surface area contributed by atoms with Gasteiger partial charge >= 0.3 is 0 Å². The van der Waals surface area contributed by atoms with Gasteiger partial charge in [-0.25, -0.2) is 0 Å². The zero-order chi connectivity index (χ0) is 16.5. The van der Waals surface area contributed by atoms with Crippen LogP contribution in [0.4, 0.5) is 0 Å². The first kappa shape index (κ1) is 15.7. The van der Waals surface area contributed by atoms with Gasteiger partial charge in [-0.3, -0.25) is 4.90 Å².